The lowest BCUT2D eigenvalue weighted by Crippen LogP contribution is -2.40. The second-order valence-electron chi connectivity index (χ2n) is 5.19. The first-order chi connectivity index (χ1) is 9.44. The standard InChI is InChI=1S/C14H21BrN2O2S/c1-3-17-8-4-5-12(17)10-16-20(18,19)13-6-7-14(15)11(2)9-13/h6-7,9,12,16H,3-5,8,10H2,1-2H3. The molecule has 0 radical (unpaired) electrons. The van der Waals surface area contributed by atoms with Crippen LogP contribution in [0, 0.1) is 6.92 Å². The molecule has 0 bridgehead atoms. The number of likely N-dealkylation sites (N-methyl/N-ethyl adjacent to an activating group) is 1. The second kappa shape index (κ2) is 6.56. The molecule has 1 unspecified atom stereocenters. The van der Waals surface area contributed by atoms with Crippen LogP contribution in [0.2, 0.25) is 0 Å². The lowest BCUT2D eigenvalue weighted by atomic mass is 10.2. The highest BCUT2D eigenvalue weighted by atomic mass is 79.9. The molecule has 1 heterocycles. The van der Waals surface area contributed by atoms with Crippen molar-refractivity contribution in [1.29, 1.82) is 0 Å². The van der Waals surface area contributed by atoms with E-state index < -0.39 is 10.0 Å². The van der Waals surface area contributed by atoms with Gasteiger partial charge in [-0.1, -0.05) is 22.9 Å². The molecule has 0 spiro atoms. The van der Waals surface area contributed by atoms with Crippen LogP contribution in [0.25, 0.3) is 0 Å². The van der Waals surface area contributed by atoms with Gasteiger partial charge in [0.25, 0.3) is 0 Å². The molecule has 1 N–H and O–H groups in total. The van der Waals surface area contributed by atoms with Crippen molar-refractivity contribution >= 4 is 26.0 Å². The Bertz CT molecular complexity index is 575. The molecule has 2 rings (SSSR count). The fraction of sp³-hybridized carbons (Fsp3) is 0.571. The van der Waals surface area contributed by atoms with Crippen LogP contribution in [0.3, 0.4) is 0 Å². The fourth-order valence-corrected chi connectivity index (χ4v) is 4.02. The number of hydrogen-bond donors (Lipinski definition) is 1. The van der Waals surface area contributed by atoms with E-state index in [4.69, 9.17) is 0 Å². The van der Waals surface area contributed by atoms with Crippen molar-refractivity contribution in [3.05, 3.63) is 28.2 Å². The van der Waals surface area contributed by atoms with Crippen molar-refractivity contribution in [2.75, 3.05) is 19.6 Å². The normalized spacial score (nSPS) is 20.4. The summed E-state index contributed by atoms with van der Waals surface area (Å²) in [5, 5.41) is 0. The van der Waals surface area contributed by atoms with Crippen molar-refractivity contribution in [2.45, 2.75) is 37.6 Å². The minimum Gasteiger partial charge on any atom is -0.299 e. The summed E-state index contributed by atoms with van der Waals surface area (Å²) in [6.07, 6.45) is 2.22. The van der Waals surface area contributed by atoms with Gasteiger partial charge in [-0.2, -0.15) is 0 Å². The van der Waals surface area contributed by atoms with Crippen LogP contribution in [-0.4, -0.2) is 39.0 Å². The van der Waals surface area contributed by atoms with Gasteiger partial charge >= 0.3 is 0 Å². The van der Waals surface area contributed by atoms with Crippen molar-refractivity contribution < 1.29 is 8.42 Å². The predicted octanol–water partition coefficient (Wildman–Crippen LogP) is 2.52. The first-order valence-electron chi connectivity index (χ1n) is 6.94. The van der Waals surface area contributed by atoms with Gasteiger partial charge in [0, 0.05) is 17.1 Å². The summed E-state index contributed by atoms with van der Waals surface area (Å²) >= 11 is 3.38. The van der Waals surface area contributed by atoms with E-state index in [9.17, 15) is 8.42 Å². The van der Waals surface area contributed by atoms with Crippen LogP contribution >= 0.6 is 15.9 Å². The molecule has 1 aromatic rings. The molecule has 1 aliphatic heterocycles. The molecule has 1 atom stereocenters. The summed E-state index contributed by atoms with van der Waals surface area (Å²) in [7, 11) is -3.42. The number of likely N-dealkylation sites (tertiary alicyclic amines) is 1. The Morgan fingerprint density at radius 2 is 2.20 bits per heavy atom. The summed E-state index contributed by atoms with van der Waals surface area (Å²) < 4.78 is 28.3. The smallest absolute Gasteiger partial charge is 0.240 e. The summed E-state index contributed by atoms with van der Waals surface area (Å²) in [4.78, 5) is 2.66. The molecule has 0 saturated carbocycles. The van der Waals surface area contributed by atoms with E-state index in [1.165, 1.54) is 0 Å². The van der Waals surface area contributed by atoms with Crippen LogP contribution in [0.5, 0.6) is 0 Å². The first kappa shape index (κ1) is 15.9. The molecule has 4 nitrogen and oxygen atoms in total. The Labute approximate surface area is 129 Å². The zero-order valence-electron chi connectivity index (χ0n) is 11.9. The number of halogens is 1. The first-order valence-corrected chi connectivity index (χ1v) is 9.21. The van der Waals surface area contributed by atoms with E-state index in [0.717, 1.165) is 36.0 Å². The lowest BCUT2D eigenvalue weighted by molar-refractivity contribution is 0.268. The summed E-state index contributed by atoms with van der Waals surface area (Å²) in [5.74, 6) is 0. The maximum atomic E-state index is 12.3. The predicted molar refractivity (Wildman–Crippen MR) is 84.3 cm³/mol. The molecule has 20 heavy (non-hydrogen) atoms. The molecule has 112 valence electrons. The molecule has 1 saturated heterocycles. The third-order valence-electron chi connectivity index (χ3n) is 3.85. The van der Waals surface area contributed by atoms with Gasteiger partial charge in [-0.3, -0.25) is 4.90 Å². The fourth-order valence-electron chi connectivity index (χ4n) is 2.62. The SMILES string of the molecule is CCN1CCCC1CNS(=O)(=O)c1ccc(Br)c(C)c1. The number of rotatable bonds is 5. The van der Waals surface area contributed by atoms with Crippen LogP contribution in [0.4, 0.5) is 0 Å². The number of hydrogen-bond acceptors (Lipinski definition) is 3. The number of nitrogens with zero attached hydrogens (tertiary/aromatic N) is 1. The van der Waals surface area contributed by atoms with Gasteiger partial charge in [-0.05, 0) is 56.6 Å². The third kappa shape index (κ3) is 3.61. The van der Waals surface area contributed by atoms with Crippen LogP contribution in [0.15, 0.2) is 27.6 Å². The zero-order valence-corrected chi connectivity index (χ0v) is 14.3. The number of benzene rings is 1. The third-order valence-corrected chi connectivity index (χ3v) is 6.16. The van der Waals surface area contributed by atoms with Crippen molar-refractivity contribution in [3.8, 4) is 0 Å². The largest absolute Gasteiger partial charge is 0.299 e. The maximum absolute atomic E-state index is 12.3. The Morgan fingerprint density at radius 3 is 2.85 bits per heavy atom. The van der Waals surface area contributed by atoms with E-state index in [0.29, 0.717) is 17.5 Å². The van der Waals surface area contributed by atoms with Crippen LogP contribution < -0.4 is 4.72 Å². The highest BCUT2D eigenvalue weighted by Crippen LogP contribution is 2.21. The number of sulfonamides is 1. The summed E-state index contributed by atoms with van der Waals surface area (Å²) in [5.41, 5.74) is 0.920. The Kier molecular flexibility index (Phi) is 5.23. The average molecular weight is 361 g/mol. The average Bonchev–Trinajstić information content (AvgIpc) is 2.87. The van der Waals surface area contributed by atoms with Gasteiger partial charge in [0.2, 0.25) is 10.0 Å². The van der Waals surface area contributed by atoms with Crippen molar-refractivity contribution in [3.63, 3.8) is 0 Å². The minimum atomic E-state index is -3.42. The topological polar surface area (TPSA) is 49.4 Å². The molecule has 0 aromatic heterocycles. The lowest BCUT2D eigenvalue weighted by Gasteiger charge is -2.22. The van der Waals surface area contributed by atoms with Gasteiger partial charge < -0.3 is 0 Å². The summed E-state index contributed by atoms with van der Waals surface area (Å²) in [6.45, 7) is 6.54. The maximum Gasteiger partial charge on any atom is 0.240 e. The molecular weight excluding hydrogens is 340 g/mol. The minimum absolute atomic E-state index is 0.325. The van der Waals surface area contributed by atoms with E-state index in [1.54, 1.807) is 18.2 Å². The second-order valence-corrected chi connectivity index (χ2v) is 7.81. The molecule has 1 fully saturated rings. The van der Waals surface area contributed by atoms with Crippen LogP contribution in [0.1, 0.15) is 25.3 Å². The Morgan fingerprint density at radius 1 is 1.45 bits per heavy atom. The Hall–Kier alpha value is -0.430. The van der Waals surface area contributed by atoms with Crippen molar-refractivity contribution in [2.24, 2.45) is 0 Å². The van der Waals surface area contributed by atoms with E-state index >= 15 is 0 Å². The van der Waals surface area contributed by atoms with Gasteiger partial charge in [0.1, 0.15) is 0 Å². The zero-order chi connectivity index (χ0) is 14.8. The van der Waals surface area contributed by atoms with Gasteiger partial charge in [-0.15, -0.1) is 0 Å². The summed E-state index contributed by atoms with van der Waals surface area (Å²) in [6, 6.07) is 5.42. The highest BCUT2D eigenvalue weighted by Gasteiger charge is 2.25. The molecule has 0 amide bonds. The number of aryl methyl sites for hydroxylation is 1. The quantitative estimate of drug-likeness (QED) is 0.877. The van der Waals surface area contributed by atoms with Crippen molar-refractivity contribution in [1.82, 2.24) is 9.62 Å². The van der Waals surface area contributed by atoms with Gasteiger partial charge in [0.15, 0.2) is 0 Å². The highest BCUT2D eigenvalue weighted by molar-refractivity contribution is 9.10. The molecule has 1 aromatic carbocycles. The molecule has 6 heteroatoms. The van der Waals surface area contributed by atoms with Gasteiger partial charge in [-0.25, -0.2) is 13.1 Å². The molecular formula is C14H21BrN2O2S. The van der Waals surface area contributed by atoms with Crippen LogP contribution in [-0.2, 0) is 10.0 Å². The van der Waals surface area contributed by atoms with E-state index in [2.05, 4.69) is 32.5 Å². The van der Waals surface area contributed by atoms with Gasteiger partial charge in [0.05, 0.1) is 4.90 Å². The monoisotopic (exact) mass is 360 g/mol. The van der Waals surface area contributed by atoms with E-state index in [1.807, 2.05) is 6.92 Å². The molecule has 1 aliphatic rings. The van der Waals surface area contributed by atoms with E-state index in [-0.39, 0.29) is 0 Å². The number of nitrogens with one attached hydrogen (secondary N) is 1. The molecule has 0 aliphatic carbocycles. The Balaban J connectivity index is 2.05.